The highest BCUT2D eigenvalue weighted by Crippen LogP contribution is 2.28. The summed E-state index contributed by atoms with van der Waals surface area (Å²) < 4.78 is 5.72. The Kier molecular flexibility index (Phi) is 4.20. The van der Waals surface area contributed by atoms with E-state index in [1.165, 1.54) is 25.8 Å². The molecule has 0 unspecified atom stereocenters. The van der Waals surface area contributed by atoms with Gasteiger partial charge in [-0.05, 0) is 46.7 Å². The molecule has 0 bridgehead atoms. The smallest absolute Gasteiger partial charge is 0.0608 e. The lowest BCUT2D eigenvalue weighted by molar-refractivity contribution is -0.0720. The maximum absolute atomic E-state index is 5.72. The van der Waals surface area contributed by atoms with E-state index in [0.29, 0.717) is 12.2 Å². The molecule has 0 N–H and O–H groups in total. The number of hydrogen-bond donors (Lipinski definition) is 0. The molecule has 0 radical (unpaired) electrons. The second-order valence-corrected chi connectivity index (χ2v) is 4.41. The van der Waals surface area contributed by atoms with Crippen LogP contribution in [0.2, 0.25) is 0 Å². The molecule has 0 aromatic carbocycles. The standard InChI is InChI=1S/C11H23NO/c1-5-6-12(4)10-7-11(8-10)13-9(2)3/h9-11H,5-8H2,1-4H3. The van der Waals surface area contributed by atoms with Gasteiger partial charge in [-0.15, -0.1) is 0 Å². The fourth-order valence-electron chi connectivity index (χ4n) is 1.93. The van der Waals surface area contributed by atoms with Crippen molar-refractivity contribution < 1.29 is 4.74 Å². The Bertz CT molecular complexity index is 141. The highest BCUT2D eigenvalue weighted by Gasteiger charge is 2.32. The van der Waals surface area contributed by atoms with E-state index in [0.717, 1.165) is 6.04 Å². The molecule has 0 aliphatic heterocycles. The largest absolute Gasteiger partial charge is 0.375 e. The van der Waals surface area contributed by atoms with Crippen molar-refractivity contribution in [2.45, 2.75) is 58.3 Å². The zero-order chi connectivity index (χ0) is 9.84. The highest BCUT2D eigenvalue weighted by molar-refractivity contribution is 4.87. The Labute approximate surface area is 82.3 Å². The molecule has 0 spiro atoms. The van der Waals surface area contributed by atoms with Gasteiger partial charge in [-0.1, -0.05) is 6.92 Å². The van der Waals surface area contributed by atoms with Gasteiger partial charge in [0.05, 0.1) is 12.2 Å². The number of nitrogens with zero attached hydrogens (tertiary/aromatic N) is 1. The second kappa shape index (κ2) is 4.97. The van der Waals surface area contributed by atoms with Crippen LogP contribution in [0.3, 0.4) is 0 Å². The molecule has 0 aromatic heterocycles. The van der Waals surface area contributed by atoms with Gasteiger partial charge in [-0.3, -0.25) is 0 Å². The van der Waals surface area contributed by atoms with Crippen LogP contribution < -0.4 is 0 Å². The molecule has 1 fully saturated rings. The summed E-state index contributed by atoms with van der Waals surface area (Å²) in [4.78, 5) is 2.46. The average molecular weight is 185 g/mol. The zero-order valence-corrected chi connectivity index (χ0v) is 9.42. The number of ether oxygens (including phenoxy) is 1. The maximum atomic E-state index is 5.72. The van der Waals surface area contributed by atoms with Crippen LogP contribution in [-0.2, 0) is 4.74 Å². The molecule has 0 amide bonds. The topological polar surface area (TPSA) is 12.5 Å². The lowest BCUT2D eigenvalue weighted by atomic mass is 9.88. The molecule has 1 saturated carbocycles. The normalized spacial score (nSPS) is 28.2. The van der Waals surface area contributed by atoms with Crippen molar-refractivity contribution in [2.24, 2.45) is 0 Å². The van der Waals surface area contributed by atoms with Crippen molar-refractivity contribution in [3.8, 4) is 0 Å². The van der Waals surface area contributed by atoms with Crippen molar-refractivity contribution in [1.29, 1.82) is 0 Å². The van der Waals surface area contributed by atoms with E-state index < -0.39 is 0 Å². The van der Waals surface area contributed by atoms with E-state index >= 15 is 0 Å². The molecular weight excluding hydrogens is 162 g/mol. The number of rotatable bonds is 5. The van der Waals surface area contributed by atoms with Gasteiger partial charge in [0.1, 0.15) is 0 Å². The third-order valence-corrected chi connectivity index (χ3v) is 2.73. The second-order valence-electron chi connectivity index (χ2n) is 4.41. The van der Waals surface area contributed by atoms with Crippen molar-refractivity contribution in [2.75, 3.05) is 13.6 Å². The van der Waals surface area contributed by atoms with Crippen LogP contribution in [0.25, 0.3) is 0 Å². The summed E-state index contributed by atoms with van der Waals surface area (Å²) in [6.45, 7) is 7.68. The maximum Gasteiger partial charge on any atom is 0.0608 e. The molecule has 78 valence electrons. The van der Waals surface area contributed by atoms with Gasteiger partial charge < -0.3 is 9.64 Å². The summed E-state index contributed by atoms with van der Waals surface area (Å²) in [5, 5.41) is 0. The van der Waals surface area contributed by atoms with Gasteiger partial charge in [0.15, 0.2) is 0 Å². The summed E-state index contributed by atoms with van der Waals surface area (Å²) in [6, 6.07) is 0.781. The van der Waals surface area contributed by atoms with Gasteiger partial charge in [0.25, 0.3) is 0 Å². The molecule has 1 rings (SSSR count). The van der Waals surface area contributed by atoms with Gasteiger partial charge >= 0.3 is 0 Å². The number of hydrogen-bond acceptors (Lipinski definition) is 2. The van der Waals surface area contributed by atoms with Crippen LogP contribution >= 0.6 is 0 Å². The lowest BCUT2D eigenvalue weighted by Crippen LogP contribution is -2.47. The van der Waals surface area contributed by atoms with Crippen LogP contribution in [0, 0.1) is 0 Å². The molecule has 1 aliphatic rings. The van der Waals surface area contributed by atoms with Crippen molar-refractivity contribution in [3.63, 3.8) is 0 Å². The molecular formula is C11H23NO. The Morgan fingerprint density at radius 2 is 2.00 bits per heavy atom. The van der Waals surface area contributed by atoms with Crippen LogP contribution in [-0.4, -0.2) is 36.7 Å². The minimum absolute atomic E-state index is 0.391. The fourth-order valence-corrected chi connectivity index (χ4v) is 1.93. The molecule has 0 aromatic rings. The van der Waals surface area contributed by atoms with Gasteiger partial charge in [-0.25, -0.2) is 0 Å². The molecule has 13 heavy (non-hydrogen) atoms. The van der Waals surface area contributed by atoms with Crippen LogP contribution in [0.1, 0.15) is 40.0 Å². The van der Waals surface area contributed by atoms with Crippen molar-refractivity contribution >= 4 is 0 Å². The average Bonchev–Trinajstić information content (AvgIpc) is 1.95. The predicted molar refractivity (Wildman–Crippen MR) is 56.0 cm³/mol. The summed E-state index contributed by atoms with van der Waals surface area (Å²) >= 11 is 0. The first-order valence-corrected chi connectivity index (χ1v) is 5.49. The first kappa shape index (κ1) is 11.0. The quantitative estimate of drug-likeness (QED) is 0.651. The van der Waals surface area contributed by atoms with E-state index in [9.17, 15) is 0 Å². The highest BCUT2D eigenvalue weighted by atomic mass is 16.5. The summed E-state index contributed by atoms with van der Waals surface area (Å²) in [5.41, 5.74) is 0. The van der Waals surface area contributed by atoms with Gasteiger partial charge in [0.2, 0.25) is 0 Å². The minimum atomic E-state index is 0.391. The van der Waals surface area contributed by atoms with Gasteiger partial charge in [-0.2, -0.15) is 0 Å². The minimum Gasteiger partial charge on any atom is -0.375 e. The molecule has 2 heteroatoms. The van der Waals surface area contributed by atoms with Crippen LogP contribution in [0.4, 0.5) is 0 Å². The molecule has 0 atom stereocenters. The molecule has 2 nitrogen and oxygen atoms in total. The first-order valence-electron chi connectivity index (χ1n) is 5.49. The SMILES string of the molecule is CCCN(C)C1CC(OC(C)C)C1. The Balaban J connectivity index is 2.10. The molecule has 1 aliphatic carbocycles. The van der Waals surface area contributed by atoms with Crippen molar-refractivity contribution in [3.05, 3.63) is 0 Å². The van der Waals surface area contributed by atoms with E-state index in [2.05, 4.69) is 32.7 Å². The van der Waals surface area contributed by atoms with E-state index in [-0.39, 0.29) is 0 Å². The molecule has 0 heterocycles. The van der Waals surface area contributed by atoms with E-state index in [1.807, 2.05) is 0 Å². The monoisotopic (exact) mass is 185 g/mol. The fraction of sp³-hybridized carbons (Fsp3) is 1.00. The summed E-state index contributed by atoms with van der Waals surface area (Å²) in [5.74, 6) is 0. The van der Waals surface area contributed by atoms with E-state index in [1.54, 1.807) is 0 Å². The lowest BCUT2D eigenvalue weighted by Gasteiger charge is -2.41. The zero-order valence-electron chi connectivity index (χ0n) is 9.42. The third-order valence-electron chi connectivity index (χ3n) is 2.73. The molecule has 0 saturated heterocycles. The first-order chi connectivity index (χ1) is 6.13. The predicted octanol–water partition coefficient (Wildman–Crippen LogP) is 2.28. The van der Waals surface area contributed by atoms with E-state index in [4.69, 9.17) is 4.74 Å². The van der Waals surface area contributed by atoms with Crippen molar-refractivity contribution in [1.82, 2.24) is 4.90 Å². The Morgan fingerprint density at radius 1 is 1.38 bits per heavy atom. The Morgan fingerprint density at radius 3 is 2.46 bits per heavy atom. The van der Waals surface area contributed by atoms with Crippen LogP contribution in [0.15, 0.2) is 0 Å². The van der Waals surface area contributed by atoms with Gasteiger partial charge in [0, 0.05) is 6.04 Å². The summed E-state index contributed by atoms with van der Waals surface area (Å²) in [6.07, 6.45) is 4.64. The third kappa shape index (κ3) is 3.28. The van der Waals surface area contributed by atoms with Crippen LogP contribution in [0.5, 0.6) is 0 Å². The summed E-state index contributed by atoms with van der Waals surface area (Å²) in [7, 11) is 2.22. The Hall–Kier alpha value is -0.0800.